The Balaban J connectivity index is 1.80. The van der Waals surface area contributed by atoms with Gasteiger partial charge in [0.2, 0.25) is 0 Å². The molecule has 3 rings (SSSR count). The van der Waals surface area contributed by atoms with E-state index in [0.29, 0.717) is 25.3 Å². The highest BCUT2D eigenvalue weighted by Gasteiger charge is 2.41. The number of amides is 1. The molecular weight excluding hydrogens is 326 g/mol. The number of likely N-dealkylation sites (tertiary alicyclic amines) is 1. The van der Waals surface area contributed by atoms with Gasteiger partial charge in [-0.05, 0) is 30.3 Å². The molecule has 1 N–H and O–H groups in total. The van der Waals surface area contributed by atoms with Gasteiger partial charge in [-0.25, -0.2) is 4.98 Å². The predicted molar refractivity (Wildman–Crippen MR) is 78.1 cm³/mol. The van der Waals surface area contributed by atoms with Crippen molar-refractivity contribution < 1.29 is 13.6 Å². The maximum atomic E-state index is 12.7. The summed E-state index contributed by atoms with van der Waals surface area (Å²) in [6, 6.07) is 3.08. The van der Waals surface area contributed by atoms with Crippen LogP contribution in [0.1, 0.15) is 29.5 Å². The number of carbonyl (C=O) groups excluding carboxylic acids is 1. The number of tetrazole rings is 1. The monoisotopic (exact) mass is 340 g/mol. The van der Waals surface area contributed by atoms with E-state index in [4.69, 9.17) is 0 Å². The molecule has 0 bridgehead atoms. The summed E-state index contributed by atoms with van der Waals surface area (Å²) in [6.45, 7) is 2.85. The molecule has 0 spiro atoms. The summed E-state index contributed by atoms with van der Waals surface area (Å²) in [6.07, 6.45) is 2.07. The van der Waals surface area contributed by atoms with E-state index in [1.165, 1.54) is 12.3 Å². The van der Waals surface area contributed by atoms with Crippen LogP contribution >= 0.6 is 11.8 Å². The van der Waals surface area contributed by atoms with E-state index < -0.39 is 11.2 Å². The van der Waals surface area contributed by atoms with Crippen LogP contribution < -0.4 is 0 Å². The van der Waals surface area contributed by atoms with Crippen LogP contribution in [0.5, 0.6) is 0 Å². The third-order valence-corrected chi connectivity index (χ3v) is 4.57. The zero-order valence-corrected chi connectivity index (χ0v) is 13.1. The Bertz CT molecular complexity index is 698. The Morgan fingerprint density at radius 3 is 3.04 bits per heavy atom. The normalized spacial score (nSPS) is 21.1. The zero-order valence-electron chi connectivity index (χ0n) is 12.2. The van der Waals surface area contributed by atoms with Crippen LogP contribution in [-0.2, 0) is 5.41 Å². The number of aromatic amines is 1. The molecule has 3 heterocycles. The van der Waals surface area contributed by atoms with E-state index in [9.17, 15) is 13.6 Å². The largest absolute Gasteiger partial charge is 0.338 e. The van der Waals surface area contributed by atoms with Gasteiger partial charge in [-0.15, -0.1) is 10.2 Å². The Morgan fingerprint density at radius 2 is 2.35 bits per heavy atom. The first-order valence-electron chi connectivity index (χ1n) is 6.93. The third-order valence-electron chi connectivity index (χ3n) is 3.85. The summed E-state index contributed by atoms with van der Waals surface area (Å²) in [4.78, 5) is 18.2. The lowest BCUT2D eigenvalue weighted by Crippen LogP contribution is -2.33. The number of nitrogens with one attached hydrogen (secondary N) is 1. The van der Waals surface area contributed by atoms with Crippen molar-refractivity contribution in [1.29, 1.82) is 0 Å². The molecule has 1 unspecified atom stereocenters. The molecule has 1 aliphatic heterocycles. The highest BCUT2D eigenvalue weighted by Crippen LogP contribution is 2.33. The van der Waals surface area contributed by atoms with E-state index in [1.54, 1.807) is 11.0 Å². The molecule has 2 aromatic heterocycles. The first kappa shape index (κ1) is 15.8. The number of alkyl halides is 2. The number of aromatic nitrogens is 5. The number of carbonyl (C=O) groups is 1. The lowest BCUT2D eigenvalue weighted by atomic mass is 9.89. The SMILES string of the molecule is CC1(c2nn[nH]n2)CCN(C(=O)c2cccnc2SC(F)F)C1. The fourth-order valence-corrected chi connectivity index (χ4v) is 3.21. The first-order valence-corrected chi connectivity index (χ1v) is 7.80. The average molecular weight is 340 g/mol. The standard InChI is InChI=1S/C13H14F2N6OS/c1-13(11-17-19-20-18-11)4-6-21(7-13)10(22)8-3-2-5-16-9(8)23-12(14)15/h2-3,5,12H,4,6-7H2,1H3,(H,17,18,19,20). The molecule has 1 amide bonds. The van der Waals surface area contributed by atoms with Gasteiger partial charge in [0.1, 0.15) is 5.03 Å². The minimum absolute atomic E-state index is 0.0423. The molecule has 23 heavy (non-hydrogen) atoms. The van der Waals surface area contributed by atoms with Crippen molar-refractivity contribution in [1.82, 2.24) is 30.5 Å². The highest BCUT2D eigenvalue weighted by molar-refractivity contribution is 7.99. The summed E-state index contributed by atoms with van der Waals surface area (Å²) in [5.74, 6) is -2.39. The number of thioether (sulfide) groups is 1. The van der Waals surface area contributed by atoms with E-state index in [2.05, 4.69) is 25.6 Å². The molecular formula is C13H14F2N6OS. The summed E-state index contributed by atoms with van der Waals surface area (Å²) in [7, 11) is 0. The fraction of sp³-hybridized carbons (Fsp3) is 0.462. The molecule has 1 aliphatic rings. The van der Waals surface area contributed by atoms with Gasteiger partial charge in [0, 0.05) is 19.3 Å². The van der Waals surface area contributed by atoms with Gasteiger partial charge >= 0.3 is 0 Å². The maximum Gasteiger partial charge on any atom is 0.290 e. The van der Waals surface area contributed by atoms with Crippen LogP contribution in [-0.4, -0.2) is 55.3 Å². The van der Waals surface area contributed by atoms with E-state index >= 15 is 0 Å². The topological polar surface area (TPSA) is 87.7 Å². The van der Waals surface area contributed by atoms with Crippen molar-refractivity contribution in [2.75, 3.05) is 13.1 Å². The van der Waals surface area contributed by atoms with Crippen LogP contribution in [0.2, 0.25) is 0 Å². The second kappa shape index (κ2) is 6.19. The highest BCUT2D eigenvalue weighted by atomic mass is 32.2. The van der Waals surface area contributed by atoms with E-state index in [-0.39, 0.29) is 28.3 Å². The lowest BCUT2D eigenvalue weighted by Gasteiger charge is -2.21. The Labute approximate surface area is 134 Å². The molecule has 7 nitrogen and oxygen atoms in total. The second-order valence-corrected chi connectivity index (χ2v) is 6.49. The number of pyridine rings is 1. The van der Waals surface area contributed by atoms with Crippen LogP contribution in [0, 0.1) is 0 Å². The van der Waals surface area contributed by atoms with Gasteiger partial charge < -0.3 is 4.90 Å². The number of hydrogen-bond donors (Lipinski definition) is 1. The molecule has 122 valence electrons. The lowest BCUT2D eigenvalue weighted by molar-refractivity contribution is 0.0780. The van der Waals surface area contributed by atoms with Crippen molar-refractivity contribution in [3.05, 3.63) is 29.7 Å². The Hall–Kier alpha value is -2.10. The third kappa shape index (κ3) is 3.16. The summed E-state index contributed by atoms with van der Waals surface area (Å²) >= 11 is 0.278. The van der Waals surface area contributed by atoms with Gasteiger partial charge in [-0.2, -0.15) is 14.0 Å². The molecule has 1 atom stereocenters. The fourth-order valence-electron chi connectivity index (χ4n) is 2.64. The van der Waals surface area contributed by atoms with Crippen molar-refractivity contribution in [3.8, 4) is 0 Å². The van der Waals surface area contributed by atoms with Crippen molar-refractivity contribution in [2.24, 2.45) is 0 Å². The minimum atomic E-state index is -2.63. The molecule has 2 aromatic rings. The molecule has 0 aromatic carbocycles. The molecule has 1 saturated heterocycles. The Kier molecular flexibility index (Phi) is 4.24. The number of hydrogen-bond acceptors (Lipinski definition) is 6. The number of nitrogens with zero attached hydrogens (tertiary/aromatic N) is 5. The summed E-state index contributed by atoms with van der Waals surface area (Å²) in [5, 5.41) is 14.0. The Morgan fingerprint density at radius 1 is 1.52 bits per heavy atom. The van der Waals surface area contributed by atoms with Crippen molar-refractivity contribution in [3.63, 3.8) is 0 Å². The minimum Gasteiger partial charge on any atom is -0.338 e. The predicted octanol–water partition coefficient (Wildman–Crippen LogP) is 1.71. The molecule has 10 heteroatoms. The van der Waals surface area contributed by atoms with Crippen molar-refractivity contribution in [2.45, 2.75) is 29.5 Å². The van der Waals surface area contributed by atoms with Gasteiger partial charge in [0.05, 0.1) is 11.0 Å². The molecule has 0 radical (unpaired) electrons. The van der Waals surface area contributed by atoms with Crippen LogP contribution in [0.3, 0.4) is 0 Å². The van der Waals surface area contributed by atoms with Gasteiger partial charge in [-0.3, -0.25) is 4.79 Å². The van der Waals surface area contributed by atoms with Crippen LogP contribution in [0.15, 0.2) is 23.4 Å². The average Bonchev–Trinajstić information content (AvgIpc) is 3.17. The number of rotatable bonds is 4. The molecule has 1 fully saturated rings. The number of H-pyrrole nitrogens is 1. The van der Waals surface area contributed by atoms with Crippen LogP contribution in [0.4, 0.5) is 8.78 Å². The van der Waals surface area contributed by atoms with E-state index in [0.717, 1.165) is 0 Å². The summed E-state index contributed by atoms with van der Waals surface area (Å²) in [5.41, 5.74) is -0.212. The van der Waals surface area contributed by atoms with Gasteiger partial charge in [-0.1, -0.05) is 12.1 Å². The molecule has 0 saturated carbocycles. The van der Waals surface area contributed by atoms with Gasteiger partial charge in [0.25, 0.3) is 11.7 Å². The van der Waals surface area contributed by atoms with Gasteiger partial charge in [0.15, 0.2) is 5.82 Å². The second-order valence-electron chi connectivity index (χ2n) is 5.51. The van der Waals surface area contributed by atoms with Crippen molar-refractivity contribution >= 4 is 17.7 Å². The smallest absolute Gasteiger partial charge is 0.290 e. The zero-order chi connectivity index (χ0) is 16.4. The summed E-state index contributed by atoms with van der Waals surface area (Å²) < 4.78 is 25.2. The van der Waals surface area contributed by atoms with E-state index in [1.807, 2.05) is 6.92 Å². The number of halogens is 2. The maximum absolute atomic E-state index is 12.7. The first-order chi connectivity index (χ1) is 11.0. The van der Waals surface area contributed by atoms with Crippen LogP contribution in [0.25, 0.3) is 0 Å². The quantitative estimate of drug-likeness (QED) is 0.853. The molecule has 0 aliphatic carbocycles.